The highest BCUT2D eigenvalue weighted by molar-refractivity contribution is 5.19. The zero-order valence-corrected chi connectivity index (χ0v) is 6.96. The van der Waals surface area contributed by atoms with Crippen molar-refractivity contribution >= 4 is 0 Å². The Labute approximate surface area is 67.2 Å². The van der Waals surface area contributed by atoms with Crippen LogP contribution in [0.1, 0.15) is 26.7 Å². The van der Waals surface area contributed by atoms with Gasteiger partial charge in [0.25, 0.3) is 0 Å². The standard InChI is InChI=1S/C9H14O2/c1-4-9(11)6-5-7(10)8(9,2)3/h1,7,10-11H,5-6H2,2-3H3/t7-,9-/m1/s1. The molecule has 62 valence electrons. The fourth-order valence-corrected chi connectivity index (χ4v) is 1.56. The topological polar surface area (TPSA) is 40.5 Å². The third-order valence-corrected chi connectivity index (χ3v) is 2.92. The van der Waals surface area contributed by atoms with E-state index in [4.69, 9.17) is 6.42 Å². The summed E-state index contributed by atoms with van der Waals surface area (Å²) in [6.07, 6.45) is 5.80. The number of hydrogen-bond acceptors (Lipinski definition) is 2. The molecule has 1 aliphatic carbocycles. The monoisotopic (exact) mass is 154 g/mol. The molecule has 1 fully saturated rings. The zero-order chi connectivity index (χ0) is 8.70. The molecule has 2 nitrogen and oxygen atoms in total. The normalized spacial score (nSPS) is 41.9. The Bertz CT molecular complexity index is 202. The van der Waals surface area contributed by atoms with Crippen LogP contribution in [0.4, 0.5) is 0 Å². The predicted octanol–water partition coefficient (Wildman–Crippen LogP) is 0.532. The van der Waals surface area contributed by atoms with Gasteiger partial charge in [0, 0.05) is 5.41 Å². The first-order valence-corrected chi connectivity index (χ1v) is 3.82. The molecule has 0 bridgehead atoms. The molecule has 1 saturated carbocycles. The fraction of sp³-hybridized carbons (Fsp3) is 0.778. The first-order valence-electron chi connectivity index (χ1n) is 3.82. The number of aliphatic hydroxyl groups is 2. The summed E-state index contributed by atoms with van der Waals surface area (Å²) in [5.74, 6) is 2.36. The summed E-state index contributed by atoms with van der Waals surface area (Å²) in [5.41, 5.74) is -1.69. The highest BCUT2D eigenvalue weighted by Crippen LogP contribution is 2.45. The summed E-state index contributed by atoms with van der Waals surface area (Å²) in [6, 6.07) is 0. The van der Waals surface area contributed by atoms with E-state index in [1.807, 2.05) is 0 Å². The molecule has 1 aliphatic rings. The first kappa shape index (κ1) is 8.58. The minimum absolute atomic E-state index is 0.483. The molecule has 0 amide bonds. The highest BCUT2D eigenvalue weighted by Gasteiger charge is 2.52. The third kappa shape index (κ3) is 0.962. The van der Waals surface area contributed by atoms with Crippen LogP contribution in [0.2, 0.25) is 0 Å². The molecule has 0 heterocycles. The van der Waals surface area contributed by atoms with Gasteiger partial charge in [0.05, 0.1) is 6.10 Å². The van der Waals surface area contributed by atoms with Gasteiger partial charge in [-0.3, -0.25) is 0 Å². The molecule has 0 aromatic heterocycles. The van der Waals surface area contributed by atoms with Crippen molar-refractivity contribution in [2.24, 2.45) is 5.41 Å². The average Bonchev–Trinajstić information content (AvgIpc) is 2.15. The van der Waals surface area contributed by atoms with Gasteiger partial charge in [-0.05, 0) is 12.8 Å². The van der Waals surface area contributed by atoms with Crippen molar-refractivity contribution in [2.45, 2.75) is 38.4 Å². The van der Waals surface area contributed by atoms with Crippen LogP contribution >= 0.6 is 0 Å². The SMILES string of the molecule is C#C[C@@]1(O)CC[C@@H](O)C1(C)C. The molecular weight excluding hydrogens is 140 g/mol. The van der Waals surface area contributed by atoms with Crippen molar-refractivity contribution in [1.29, 1.82) is 0 Å². The summed E-state index contributed by atoms with van der Waals surface area (Å²) in [6.45, 7) is 3.59. The van der Waals surface area contributed by atoms with Crippen molar-refractivity contribution in [1.82, 2.24) is 0 Å². The first-order chi connectivity index (χ1) is 4.94. The summed E-state index contributed by atoms with van der Waals surface area (Å²) in [5, 5.41) is 19.3. The van der Waals surface area contributed by atoms with Crippen molar-refractivity contribution < 1.29 is 10.2 Å². The maximum atomic E-state index is 9.80. The van der Waals surface area contributed by atoms with Crippen LogP contribution in [0.3, 0.4) is 0 Å². The molecule has 0 saturated heterocycles. The van der Waals surface area contributed by atoms with Crippen LogP contribution in [0, 0.1) is 17.8 Å². The van der Waals surface area contributed by atoms with Gasteiger partial charge in [-0.1, -0.05) is 19.8 Å². The van der Waals surface area contributed by atoms with E-state index in [0.29, 0.717) is 12.8 Å². The van der Waals surface area contributed by atoms with Gasteiger partial charge in [0.15, 0.2) is 0 Å². The van der Waals surface area contributed by atoms with Crippen LogP contribution < -0.4 is 0 Å². The second-order valence-corrected chi connectivity index (χ2v) is 3.78. The lowest BCUT2D eigenvalue weighted by molar-refractivity contribution is -0.0403. The van der Waals surface area contributed by atoms with E-state index < -0.39 is 17.1 Å². The summed E-state index contributed by atoms with van der Waals surface area (Å²) < 4.78 is 0. The third-order valence-electron chi connectivity index (χ3n) is 2.92. The molecule has 0 radical (unpaired) electrons. The molecule has 0 aromatic carbocycles. The fourth-order valence-electron chi connectivity index (χ4n) is 1.56. The smallest absolute Gasteiger partial charge is 0.132 e. The minimum atomic E-state index is -1.12. The molecule has 2 atom stereocenters. The zero-order valence-electron chi connectivity index (χ0n) is 6.96. The van der Waals surface area contributed by atoms with Gasteiger partial charge < -0.3 is 10.2 Å². The van der Waals surface area contributed by atoms with Crippen LogP contribution in [-0.2, 0) is 0 Å². The number of hydrogen-bond donors (Lipinski definition) is 2. The summed E-state index contributed by atoms with van der Waals surface area (Å²) in [7, 11) is 0. The molecular formula is C9H14O2. The van der Waals surface area contributed by atoms with Gasteiger partial charge in [-0.2, -0.15) is 0 Å². The van der Waals surface area contributed by atoms with Crippen LogP contribution in [0.15, 0.2) is 0 Å². The molecule has 2 N–H and O–H groups in total. The van der Waals surface area contributed by atoms with E-state index in [9.17, 15) is 10.2 Å². The molecule has 0 spiro atoms. The molecule has 0 aromatic rings. The average molecular weight is 154 g/mol. The van der Waals surface area contributed by atoms with Crippen molar-refractivity contribution in [3.8, 4) is 12.3 Å². The lowest BCUT2D eigenvalue weighted by atomic mass is 9.77. The van der Waals surface area contributed by atoms with E-state index in [2.05, 4.69) is 5.92 Å². The highest BCUT2D eigenvalue weighted by atomic mass is 16.3. The van der Waals surface area contributed by atoms with Gasteiger partial charge >= 0.3 is 0 Å². The van der Waals surface area contributed by atoms with Gasteiger partial charge in [0.2, 0.25) is 0 Å². The Hall–Kier alpha value is -0.520. The Morgan fingerprint density at radius 3 is 2.27 bits per heavy atom. The van der Waals surface area contributed by atoms with Gasteiger partial charge in [-0.25, -0.2) is 0 Å². The Morgan fingerprint density at radius 2 is 2.09 bits per heavy atom. The van der Waals surface area contributed by atoms with E-state index in [-0.39, 0.29) is 0 Å². The molecule has 0 unspecified atom stereocenters. The molecule has 1 rings (SSSR count). The Balaban J connectivity index is 2.97. The second-order valence-electron chi connectivity index (χ2n) is 3.78. The maximum absolute atomic E-state index is 9.80. The molecule has 2 heteroatoms. The predicted molar refractivity (Wildman–Crippen MR) is 42.8 cm³/mol. The van der Waals surface area contributed by atoms with E-state index >= 15 is 0 Å². The second kappa shape index (κ2) is 2.23. The van der Waals surface area contributed by atoms with Gasteiger partial charge in [-0.15, -0.1) is 6.42 Å². The van der Waals surface area contributed by atoms with E-state index in [1.165, 1.54) is 0 Å². The van der Waals surface area contributed by atoms with Crippen molar-refractivity contribution in [3.63, 3.8) is 0 Å². The van der Waals surface area contributed by atoms with Crippen LogP contribution in [-0.4, -0.2) is 21.9 Å². The van der Waals surface area contributed by atoms with Crippen molar-refractivity contribution in [2.75, 3.05) is 0 Å². The number of terminal acetylenes is 1. The maximum Gasteiger partial charge on any atom is 0.132 e. The molecule has 11 heavy (non-hydrogen) atoms. The van der Waals surface area contributed by atoms with Crippen LogP contribution in [0.5, 0.6) is 0 Å². The summed E-state index contributed by atoms with van der Waals surface area (Å²) in [4.78, 5) is 0. The summed E-state index contributed by atoms with van der Waals surface area (Å²) >= 11 is 0. The molecule has 0 aliphatic heterocycles. The number of rotatable bonds is 0. The van der Waals surface area contributed by atoms with Crippen molar-refractivity contribution in [3.05, 3.63) is 0 Å². The van der Waals surface area contributed by atoms with E-state index in [1.54, 1.807) is 13.8 Å². The lowest BCUT2D eigenvalue weighted by Crippen LogP contribution is -2.43. The van der Waals surface area contributed by atoms with Crippen LogP contribution in [0.25, 0.3) is 0 Å². The number of aliphatic hydroxyl groups excluding tert-OH is 1. The van der Waals surface area contributed by atoms with Gasteiger partial charge in [0.1, 0.15) is 5.60 Å². The quantitative estimate of drug-likeness (QED) is 0.500. The largest absolute Gasteiger partial charge is 0.392 e. The Kier molecular flexibility index (Phi) is 1.74. The minimum Gasteiger partial charge on any atom is -0.392 e. The van der Waals surface area contributed by atoms with E-state index in [0.717, 1.165) is 0 Å². The lowest BCUT2D eigenvalue weighted by Gasteiger charge is -2.33. The Morgan fingerprint density at radius 1 is 1.55 bits per heavy atom.